The lowest BCUT2D eigenvalue weighted by atomic mass is 9.71. The summed E-state index contributed by atoms with van der Waals surface area (Å²) in [5.41, 5.74) is 4.48. The highest BCUT2D eigenvalue weighted by molar-refractivity contribution is 5.59. The molecule has 120 valence electrons. The van der Waals surface area contributed by atoms with E-state index in [-0.39, 0.29) is 5.60 Å². The largest absolute Gasteiger partial charge is 0.507 e. The summed E-state index contributed by atoms with van der Waals surface area (Å²) < 4.78 is 6.55. The zero-order chi connectivity index (χ0) is 15.5. The standard InChI is InChI=1S/C19H27NO2/c1-12-13(2)18-16(14(3)17(12)21)15(20-9-4-5-10-20)11-19(22-18)7-6-8-19/h15,21H,4-11H2,1-3H3. The van der Waals surface area contributed by atoms with Gasteiger partial charge in [-0.1, -0.05) is 0 Å². The fourth-order valence-corrected chi connectivity index (χ4v) is 4.62. The predicted molar refractivity (Wildman–Crippen MR) is 87.7 cm³/mol. The second kappa shape index (κ2) is 4.89. The smallest absolute Gasteiger partial charge is 0.128 e. The van der Waals surface area contributed by atoms with Crippen molar-refractivity contribution in [3.63, 3.8) is 0 Å². The van der Waals surface area contributed by atoms with Gasteiger partial charge in [-0.05, 0) is 82.7 Å². The fourth-order valence-electron chi connectivity index (χ4n) is 4.62. The molecular formula is C19H27NO2. The first-order chi connectivity index (χ1) is 10.5. The molecule has 1 unspecified atom stereocenters. The van der Waals surface area contributed by atoms with Crippen molar-refractivity contribution < 1.29 is 9.84 Å². The Morgan fingerprint density at radius 3 is 2.27 bits per heavy atom. The molecule has 1 saturated heterocycles. The van der Waals surface area contributed by atoms with Crippen LogP contribution in [0.25, 0.3) is 0 Å². The number of hydrogen-bond donors (Lipinski definition) is 1. The maximum Gasteiger partial charge on any atom is 0.128 e. The molecule has 1 aromatic carbocycles. The van der Waals surface area contributed by atoms with Crippen LogP contribution >= 0.6 is 0 Å². The first kappa shape index (κ1) is 14.4. The van der Waals surface area contributed by atoms with Gasteiger partial charge in [0, 0.05) is 18.0 Å². The van der Waals surface area contributed by atoms with Crippen LogP contribution in [0.4, 0.5) is 0 Å². The molecule has 1 aromatic rings. The van der Waals surface area contributed by atoms with E-state index in [1.165, 1.54) is 50.8 Å². The summed E-state index contributed by atoms with van der Waals surface area (Å²) in [6.45, 7) is 8.55. The van der Waals surface area contributed by atoms with Gasteiger partial charge in [-0.2, -0.15) is 0 Å². The number of phenolic OH excluding ortho intramolecular Hbond substituents is 1. The number of benzene rings is 1. The van der Waals surface area contributed by atoms with Crippen LogP contribution in [-0.4, -0.2) is 28.7 Å². The number of nitrogens with zero attached hydrogens (tertiary/aromatic N) is 1. The van der Waals surface area contributed by atoms with Crippen LogP contribution in [0.15, 0.2) is 0 Å². The zero-order valence-corrected chi connectivity index (χ0v) is 14.0. The number of likely N-dealkylation sites (tertiary alicyclic amines) is 1. The highest BCUT2D eigenvalue weighted by atomic mass is 16.5. The van der Waals surface area contributed by atoms with Crippen molar-refractivity contribution in [3.8, 4) is 11.5 Å². The molecule has 1 N–H and O–H groups in total. The van der Waals surface area contributed by atoms with E-state index >= 15 is 0 Å². The van der Waals surface area contributed by atoms with E-state index in [0.717, 1.165) is 28.9 Å². The third-order valence-corrected chi connectivity index (χ3v) is 6.33. The van der Waals surface area contributed by atoms with Gasteiger partial charge in [-0.3, -0.25) is 4.90 Å². The van der Waals surface area contributed by atoms with E-state index in [2.05, 4.69) is 18.7 Å². The summed E-state index contributed by atoms with van der Waals surface area (Å²) in [4.78, 5) is 2.63. The van der Waals surface area contributed by atoms with Crippen molar-refractivity contribution in [1.82, 2.24) is 4.90 Å². The molecule has 0 bridgehead atoms. The average Bonchev–Trinajstić information content (AvgIpc) is 3.02. The van der Waals surface area contributed by atoms with Crippen LogP contribution in [0.5, 0.6) is 11.5 Å². The second-order valence-electron chi connectivity index (χ2n) is 7.57. The van der Waals surface area contributed by atoms with Crippen LogP contribution in [0.1, 0.15) is 66.8 Å². The minimum absolute atomic E-state index is 0.0703. The Morgan fingerprint density at radius 2 is 1.68 bits per heavy atom. The number of phenols is 1. The molecule has 2 aliphatic heterocycles. The predicted octanol–water partition coefficient (Wildman–Crippen LogP) is 4.16. The SMILES string of the molecule is Cc1c(C)c2c(c(C)c1O)C(N1CCCC1)CC1(CCC1)O2. The highest BCUT2D eigenvalue weighted by Gasteiger charge is 2.48. The van der Waals surface area contributed by atoms with E-state index in [1.807, 2.05) is 6.92 Å². The van der Waals surface area contributed by atoms with Crippen LogP contribution in [0, 0.1) is 20.8 Å². The highest BCUT2D eigenvalue weighted by Crippen LogP contribution is 2.54. The molecule has 3 aliphatic rings. The summed E-state index contributed by atoms with van der Waals surface area (Å²) in [7, 11) is 0. The first-order valence-electron chi connectivity index (χ1n) is 8.78. The minimum Gasteiger partial charge on any atom is -0.507 e. The van der Waals surface area contributed by atoms with Crippen molar-refractivity contribution in [1.29, 1.82) is 0 Å². The van der Waals surface area contributed by atoms with Gasteiger partial charge in [0.05, 0.1) is 0 Å². The molecule has 2 heterocycles. The molecule has 1 saturated carbocycles. The van der Waals surface area contributed by atoms with Gasteiger partial charge >= 0.3 is 0 Å². The quantitative estimate of drug-likeness (QED) is 0.845. The van der Waals surface area contributed by atoms with Crippen molar-refractivity contribution in [2.24, 2.45) is 0 Å². The fraction of sp³-hybridized carbons (Fsp3) is 0.684. The van der Waals surface area contributed by atoms with Crippen LogP contribution < -0.4 is 4.74 Å². The van der Waals surface area contributed by atoms with Crippen molar-refractivity contribution in [2.75, 3.05) is 13.1 Å². The van der Waals surface area contributed by atoms with Gasteiger partial charge in [-0.25, -0.2) is 0 Å². The molecular weight excluding hydrogens is 274 g/mol. The molecule has 3 nitrogen and oxygen atoms in total. The van der Waals surface area contributed by atoms with Gasteiger partial charge in [0.2, 0.25) is 0 Å². The molecule has 0 aromatic heterocycles. The molecule has 2 fully saturated rings. The number of rotatable bonds is 1. The van der Waals surface area contributed by atoms with E-state index in [1.54, 1.807) is 0 Å². The zero-order valence-electron chi connectivity index (χ0n) is 14.0. The number of ether oxygens (including phenoxy) is 1. The van der Waals surface area contributed by atoms with Gasteiger partial charge in [0.1, 0.15) is 17.1 Å². The van der Waals surface area contributed by atoms with Crippen molar-refractivity contribution >= 4 is 0 Å². The third-order valence-electron chi connectivity index (χ3n) is 6.33. The summed E-state index contributed by atoms with van der Waals surface area (Å²) in [5.74, 6) is 1.55. The van der Waals surface area contributed by atoms with Gasteiger partial charge in [-0.15, -0.1) is 0 Å². The topological polar surface area (TPSA) is 32.7 Å². The Labute approximate surface area is 133 Å². The summed E-state index contributed by atoms with van der Waals surface area (Å²) in [6.07, 6.45) is 7.37. The Balaban J connectivity index is 1.87. The summed E-state index contributed by atoms with van der Waals surface area (Å²) in [6, 6.07) is 0.428. The van der Waals surface area contributed by atoms with E-state index < -0.39 is 0 Å². The van der Waals surface area contributed by atoms with Crippen LogP contribution in [0.2, 0.25) is 0 Å². The Kier molecular flexibility index (Phi) is 3.19. The molecule has 0 radical (unpaired) electrons. The Morgan fingerprint density at radius 1 is 1.00 bits per heavy atom. The van der Waals surface area contributed by atoms with E-state index in [0.29, 0.717) is 11.8 Å². The molecule has 0 amide bonds. The number of hydrogen-bond acceptors (Lipinski definition) is 3. The molecule has 22 heavy (non-hydrogen) atoms. The Bertz CT molecular complexity index is 613. The maximum atomic E-state index is 10.5. The first-order valence-corrected chi connectivity index (χ1v) is 8.78. The lowest BCUT2D eigenvalue weighted by molar-refractivity contribution is -0.0528. The summed E-state index contributed by atoms with van der Waals surface area (Å²) >= 11 is 0. The minimum atomic E-state index is 0.0703. The third kappa shape index (κ3) is 1.91. The molecule has 1 atom stereocenters. The maximum absolute atomic E-state index is 10.5. The molecule has 4 rings (SSSR count). The van der Waals surface area contributed by atoms with E-state index in [9.17, 15) is 5.11 Å². The average molecular weight is 301 g/mol. The van der Waals surface area contributed by atoms with Crippen molar-refractivity contribution in [3.05, 3.63) is 22.3 Å². The Hall–Kier alpha value is -1.22. The van der Waals surface area contributed by atoms with Gasteiger partial charge in [0.25, 0.3) is 0 Å². The molecule has 3 heteroatoms. The van der Waals surface area contributed by atoms with Gasteiger partial charge in [0.15, 0.2) is 0 Å². The van der Waals surface area contributed by atoms with Crippen LogP contribution in [-0.2, 0) is 0 Å². The normalized spacial score (nSPS) is 26.6. The lowest BCUT2D eigenvalue weighted by Crippen LogP contribution is -2.50. The second-order valence-corrected chi connectivity index (χ2v) is 7.57. The number of aromatic hydroxyl groups is 1. The van der Waals surface area contributed by atoms with Gasteiger partial charge < -0.3 is 9.84 Å². The molecule has 1 spiro atoms. The lowest BCUT2D eigenvalue weighted by Gasteiger charge is -2.50. The van der Waals surface area contributed by atoms with Crippen molar-refractivity contribution in [2.45, 2.75) is 70.9 Å². The summed E-state index contributed by atoms with van der Waals surface area (Å²) in [5, 5.41) is 10.5. The molecule has 1 aliphatic carbocycles. The monoisotopic (exact) mass is 301 g/mol. The van der Waals surface area contributed by atoms with E-state index in [4.69, 9.17) is 4.74 Å². The van der Waals surface area contributed by atoms with Crippen LogP contribution in [0.3, 0.4) is 0 Å². The number of fused-ring (bicyclic) bond motifs is 1.